The smallest absolute Gasteiger partial charge is 0.255 e. The molecule has 4 aromatic rings. The van der Waals surface area contributed by atoms with E-state index >= 15 is 0 Å². The van der Waals surface area contributed by atoms with Crippen LogP contribution in [-0.4, -0.2) is 89.4 Å². The fourth-order valence-electron chi connectivity index (χ4n) is 9.22. The molecule has 3 amide bonds. The minimum Gasteiger partial charge on any atom is -0.508 e. The van der Waals surface area contributed by atoms with Crippen molar-refractivity contribution in [3.8, 4) is 11.5 Å². The van der Waals surface area contributed by atoms with Crippen LogP contribution in [0.4, 0.5) is 0 Å². The summed E-state index contributed by atoms with van der Waals surface area (Å²) in [4.78, 5) is 43.8. The van der Waals surface area contributed by atoms with E-state index in [1.54, 1.807) is 4.90 Å². The Morgan fingerprint density at radius 1 is 0.745 bits per heavy atom. The number of ether oxygens (including phenoxy) is 1. The first-order valence-electron chi connectivity index (χ1n) is 20.2. The summed E-state index contributed by atoms with van der Waals surface area (Å²) < 4.78 is 6.22. The number of carbonyl (C=O) groups is 3. The molecule has 9 nitrogen and oxygen atoms in total. The van der Waals surface area contributed by atoms with Gasteiger partial charge in [0.1, 0.15) is 17.5 Å². The topological polar surface area (TPSA) is 102 Å². The highest BCUT2D eigenvalue weighted by molar-refractivity contribution is 6.05. The van der Waals surface area contributed by atoms with Crippen LogP contribution in [0.1, 0.15) is 94.1 Å². The van der Waals surface area contributed by atoms with Crippen LogP contribution in [0, 0.1) is 0 Å². The van der Waals surface area contributed by atoms with Gasteiger partial charge in [-0.15, -0.1) is 0 Å². The molecule has 55 heavy (non-hydrogen) atoms. The van der Waals surface area contributed by atoms with Gasteiger partial charge >= 0.3 is 0 Å². The van der Waals surface area contributed by atoms with Crippen molar-refractivity contribution in [2.45, 2.75) is 75.8 Å². The second kappa shape index (κ2) is 16.8. The third kappa shape index (κ3) is 8.48. The van der Waals surface area contributed by atoms with E-state index < -0.39 is 6.04 Å². The van der Waals surface area contributed by atoms with Crippen LogP contribution >= 0.6 is 0 Å². The Hall–Kier alpha value is -4.99. The van der Waals surface area contributed by atoms with Gasteiger partial charge in [-0.05, 0) is 134 Å². The van der Waals surface area contributed by atoms with Gasteiger partial charge in [-0.25, -0.2) is 0 Å². The first kappa shape index (κ1) is 37.0. The van der Waals surface area contributed by atoms with Gasteiger partial charge in [-0.3, -0.25) is 19.7 Å². The number of hydrogen-bond acceptors (Lipinski definition) is 7. The molecule has 9 heteroatoms. The normalized spacial score (nSPS) is 21.9. The molecule has 0 radical (unpaired) electrons. The summed E-state index contributed by atoms with van der Waals surface area (Å²) >= 11 is 0. The lowest BCUT2D eigenvalue weighted by molar-refractivity contribution is -0.136. The number of phenolic OH excluding ortho intramolecular Hbond substituents is 1. The van der Waals surface area contributed by atoms with E-state index in [0.717, 1.165) is 89.1 Å². The number of unbranched alkanes of at least 4 members (excludes halogenated alkanes) is 1. The van der Waals surface area contributed by atoms with Crippen LogP contribution in [0.2, 0.25) is 0 Å². The molecule has 3 aliphatic heterocycles. The number of piperidine rings is 1. The first-order valence-corrected chi connectivity index (χ1v) is 20.2. The summed E-state index contributed by atoms with van der Waals surface area (Å²) in [6.45, 7) is 7.50. The van der Waals surface area contributed by atoms with Crippen molar-refractivity contribution in [3.05, 3.63) is 130 Å². The molecule has 286 valence electrons. The molecule has 2 saturated heterocycles. The molecule has 1 unspecified atom stereocenters. The minimum atomic E-state index is -0.579. The minimum absolute atomic E-state index is 0.119. The lowest BCUT2D eigenvalue weighted by atomic mass is 9.69. The molecule has 3 atom stereocenters. The van der Waals surface area contributed by atoms with Crippen molar-refractivity contribution in [2.75, 3.05) is 45.9 Å². The largest absolute Gasteiger partial charge is 0.508 e. The first-order chi connectivity index (χ1) is 26.9. The predicted octanol–water partition coefficient (Wildman–Crippen LogP) is 6.42. The van der Waals surface area contributed by atoms with Crippen molar-refractivity contribution >= 4 is 17.7 Å². The van der Waals surface area contributed by atoms with Crippen LogP contribution in [0.25, 0.3) is 0 Å². The molecule has 0 saturated carbocycles. The molecule has 3 heterocycles. The highest BCUT2D eigenvalue weighted by Gasteiger charge is 2.39. The molecule has 4 aliphatic rings. The maximum Gasteiger partial charge on any atom is 0.255 e. The lowest BCUT2D eigenvalue weighted by Gasteiger charge is -2.34. The number of fused-ring (bicyclic) bond motifs is 2. The molecule has 1 aliphatic carbocycles. The monoisotopic (exact) mass is 740 g/mol. The van der Waals surface area contributed by atoms with E-state index in [1.807, 2.05) is 18.2 Å². The molecule has 0 aromatic heterocycles. The Labute approximate surface area is 324 Å². The van der Waals surface area contributed by atoms with Crippen LogP contribution in [0.5, 0.6) is 11.5 Å². The predicted molar refractivity (Wildman–Crippen MR) is 212 cm³/mol. The Kier molecular flexibility index (Phi) is 11.3. The molecular weight excluding hydrogens is 689 g/mol. The summed E-state index contributed by atoms with van der Waals surface area (Å²) in [7, 11) is 0. The number of nitrogens with one attached hydrogen (secondary N) is 1. The second-order valence-electron chi connectivity index (χ2n) is 15.7. The molecule has 0 bridgehead atoms. The molecule has 2 fully saturated rings. The van der Waals surface area contributed by atoms with Gasteiger partial charge in [0, 0.05) is 44.1 Å². The summed E-state index contributed by atoms with van der Waals surface area (Å²) in [6.07, 6.45) is 6.85. The number of phenols is 1. The maximum atomic E-state index is 13.1. The van der Waals surface area contributed by atoms with Crippen molar-refractivity contribution < 1.29 is 24.2 Å². The molecule has 4 aromatic carbocycles. The average molecular weight is 741 g/mol. The van der Waals surface area contributed by atoms with Crippen LogP contribution < -0.4 is 10.1 Å². The van der Waals surface area contributed by atoms with Crippen molar-refractivity contribution in [1.82, 2.24) is 20.0 Å². The number of aryl methyl sites for hydroxylation is 1. The van der Waals surface area contributed by atoms with Gasteiger partial charge in [0.2, 0.25) is 11.8 Å². The number of aromatic hydroxyl groups is 1. The van der Waals surface area contributed by atoms with Gasteiger partial charge in [0.25, 0.3) is 5.91 Å². The molecule has 0 spiro atoms. The summed E-state index contributed by atoms with van der Waals surface area (Å²) in [5.74, 6) is 1.11. The third-order valence-corrected chi connectivity index (χ3v) is 12.2. The zero-order chi connectivity index (χ0) is 37.7. The zero-order valence-electron chi connectivity index (χ0n) is 31.6. The van der Waals surface area contributed by atoms with Gasteiger partial charge in [0.15, 0.2) is 0 Å². The Bertz CT molecular complexity index is 2000. The quantitative estimate of drug-likeness (QED) is 0.128. The standard InChI is InChI=1S/C46H52N4O5/c51-37-13-18-40-35(30-37)12-17-39(33-7-2-1-3-8-33)44(40)34-10-14-38(15-11-34)55-28-5-4-22-48-23-6-24-49(27-26-48)25-21-32-9-16-41-36(29-32)31-50(46(41)54)42-19-20-43(52)47-45(42)53/h1-3,7-11,13-16,18,29-30,39,42,44,51H,4-6,12,17,19-28,31H2,(H,47,52,53)/t39-,42?,44+/m1/s1. The highest BCUT2D eigenvalue weighted by atomic mass is 16.5. The Morgan fingerprint density at radius 2 is 1.55 bits per heavy atom. The summed E-state index contributed by atoms with van der Waals surface area (Å²) in [5.41, 5.74) is 8.05. The van der Waals surface area contributed by atoms with Gasteiger partial charge in [-0.1, -0.05) is 60.7 Å². The van der Waals surface area contributed by atoms with Crippen LogP contribution in [0.15, 0.2) is 91.0 Å². The van der Waals surface area contributed by atoms with E-state index in [0.29, 0.717) is 36.8 Å². The van der Waals surface area contributed by atoms with Crippen LogP contribution in [-0.2, 0) is 29.0 Å². The Morgan fingerprint density at radius 3 is 2.35 bits per heavy atom. The summed E-state index contributed by atoms with van der Waals surface area (Å²) in [6, 6.07) is 30.9. The number of benzene rings is 4. The maximum absolute atomic E-state index is 13.1. The zero-order valence-corrected chi connectivity index (χ0v) is 31.6. The van der Waals surface area contributed by atoms with E-state index in [4.69, 9.17) is 4.74 Å². The fraction of sp³-hybridized carbons (Fsp3) is 0.413. The molecule has 8 rings (SSSR count). The number of hydrogen-bond donors (Lipinski definition) is 2. The van der Waals surface area contributed by atoms with Crippen molar-refractivity contribution in [3.63, 3.8) is 0 Å². The molecular formula is C46H52N4O5. The average Bonchev–Trinajstić information content (AvgIpc) is 3.35. The number of rotatable bonds is 12. The van der Waals surface area contributed by atoms with Crippen molar-refractivity contribution in [1.29, 1.82) is 0 Å². The van der Waals surface area contributed by atoms with E-state index in [1.165, 1.54) is 27.8 Å². The lowest BCUT2D eigenvalue weighted by Crippen LogP contribution is -2.52. The van der Waals surface area contributed by atoms with Gasteiger partial charge in [0.05, 0.1) is 6.61 Å². The van der Waals surface area contributed by atoms with Gasteiger partial charge < -0.3 is 24.5 Å². The molecule has 2 N–H and O–H groups in total. The van der Waals surface area contributed by atoms with E-state index in [-0.39, 0.29) is 30.1 Å². The highest BCUT2D eigenvalue weighted by Crippen LogP contribution is 2.47. The second-order valence-corrected chi connectivity index (χ2v) is 15.7. The SMILES string of the molecule is O=C1CCC(N2Cc3cc(CCN4CCCN(CCCCOc5ccc([C@@H]6c7ccc(O)cc7CC[C@@H]6c6ccccc6)cc5)CC4)ccc3C2=O)C(=O)N1. The summed E-state index contributed by atoms with van der Waals surface area (Å²) in [5, 5.41) is 12.5. The third-order valence-electron chi connectivity index (χ3n) is 12.2. The number of imide groups is 1. The fourth-order valence-corrected chi connectivity index (χ4v) is 9.22. The Balaban J connectivity index is 0.768. The van der Waals surface area contributed by atoms with E-state index in [9.17, 15) is 19.5 Å². The van der Waals surface area contributed by atoms with Gasteiger partial charge in [-0.2, -0.15) is 0 Å². The number of carbonyl (C=O) groups excluding carboxylic acids is 3. The number of amides is 3. The van der Waals surface area contributed by atoms with Crippen LogP contribution in [0.3, 0.4) is 0 Å². The van der Waals surface area contributed by atoms with E-state index in [2.05, 4.69) is 87.9 Å². The number of nitrogens with zero attached hydrogens (tertiary/aromatic N) is 3. The van der Waals surface area contributed by atoms with Crippen molar-refractivity contribution in [2.24, 2.45) is 0 Å².